The van der Waals surface area contributed by atoms with E-state index >= 15 is 0 Å². The van der Waals surface area contributed by atoms with Crippen LogP contribution >= 0.6 is 0 Å². The van der Waals surface area contributed by atoms with Crippen molar-refractivity contribution in [2.24, 2.45) is 0 Å². The smallest absolute Gasteiger partial charge is 0.328 e. The third-order valence-corrected chi connectivity index (χ3v) is 2.59. The zero-order valence-corrected chi connectivity index (χ0v) is 10.3. The second kappa shape index (κ2) is 5.90. The van der Waals surface area contributed by atoms with Gasteiger partial charge in [-0.05, 0) is 32.0 Å². The van der Waals surface area contributed by atoms with Crippen LogP contribution in [0.3, 0.4) is 0 Å². The van der Waals surface area contributed by atoms with Crippen LogP contribution in [0.15, 0.2) is 24.3 Å². The standard InChI is InChI=1S/C13H16N2O2/c1-4-17-13(16)10(2)15(3)12-7-5-6-11(8-12)9-14/h5-8,10H,4H2,1-3H3. The molecule has 0 radical (unpaired) electrons. The number of nitriles is 1. The van der Waals surface area contributed by atoms with Gasteiger partial charge in [0.2, 0.25) is 0 Å². The Balaban J connectivity index is 2.85. The van der Waals surface area contributed by atoms with Crippen molar-refractivity contribution in [2.45, 2.75) is 19.9 Å². The van der Waals surface area contributed by atoms with E-state index in [0.29, 0.717) is 12.2 Å². The summed E-state index contributed by atoms with van der Waals surface area (Å²) in [5.41, 5.74) is 1.40. The van der Waals surface area contributed by atoms with E-state index in [9.17, 15) is 4.79 Å². The molecule has 0 spiro atoms. The van der Waals surface area contributed by atoms with Gasteiger partial charge in [0.25, 0.3) is 0 Å². The summed E-state index contributed by atoms with van der Waals surface area (Å²) in [5.74, 6) is -0.266. The molecule has 0 heterocycles. The van der Waals surface area contributed by atoms with Crippen molar-refractivity contribution in [1.29, 1.82) is 5.26 Å². The van der Waals surface area contributed by atoms with Gasteiger partial charge in [0.05, 0.1) is 18.2 Å². The predicted octanol–water partition coefficient (Wildman–Crippen LogP) is 1.95. The zero-order chi connectivity index (χ0) is 12.8. The number of anilines is 1. The van der Waals surface area contributed by atoms with Crippen molar-refractivity contribution < 1.29 is 9.53 Å². The van der Waals surface area contributed by atoms with Gasteiger partial charge in [-0.3, -0.25) is 0 Å². The Kier molecular flexibility index (Phi) is 4.53. The number of nitrogens with zero attached hydrogens (tertiary/aromatic N) is 2. The fourth-order valence-corrected chi connectivity index (χ4v) is 1.44. The summed E-state index contributed by atoms with van der Waals surface area (Å²) in [5, 5.41) is 8.82. The first-order valence-electron chi connectivity index (χ1n) is 5.49. The number of rotatable bonds is 4. The largest absolute Gasteiger partial charge is 0.464 e. The lowest BCUT2D eigenvalue weighted by Crippen LogP contribution is -2.37. The van der Waals surface area contributed by atoms with Crippen molar-refractivity contribution in [3.8, 4) is 6.07 Å². The maximum absolute atomic E-state index is 11.6. The Hall–Kier alpha value is -2.02. The first-order valence-corrected chi connectivity index (χ1v) is 5.49. The molecule has 0 aliphatic rings. The molecule has 0 aromatic heterocycles. The van der Waals surface area contributed by atoms with E-state index in [1.54, 1.807) is 44.0 Å². The van der Waals surface area contributed by atoms with Crippen molar-refractivity contribution in [3.63, 3.8) is 0 Å². The van der Waals surface area contributed by atoms with E-state index in [-0.39, 0.29) is 12.0 Å². The SMILES string of the molecule is CCOC(=O)C(C)N(C)c1cccc(C#N)c1. The molecule has 4 heteroatoms. The summed E-state index contributed by atoms with van der Waals surface area (Å²) in [6.07, 6.45) is 0. The number of ether oxygens (including phenoxy) is 1. The summed E-state index contributed by atoms with van der Waals surface area (Å²) < 4.78 is 4.96. The summed E-state index contributed by atoms with van der Waals surface area (Å²) in [6, 6.07) is 8.83. The highest BCUT2D eigenvalue weighted by molar-refractivity contribution is 5.79. The third kappa shape index (κ3) is 3.22. The molecule has 0 aliphatic carbocycles. The lowest BCUT2D eigenvalue weighted by atomic mass is 10.2. The number of carbonyl (C=O) groups excluding carboxylic acids is 1. The molecule has 0 amide bonds. The Morgan fingerprint density at radius 1 is 1.59 bits per heavy atom. The van der Waals surface area contributed by atoms with Crippen LogP contribution in [-0.4, -0.2) is 25.7 Å². The molecule has 1 aromatic carbocycles. The van der Waals surface area contributed by atoms with E-state index in [0.717, 1.165) is 5.69 Å². The maximum Gasteiger partial charge on any atom is 0.328 e. The lowest BCUT2D eigenvalue weighted by molar-refractivity contribution is -0.144. The molecule has 0 fully saturated rings. The fourth-order valence-electron chi connectivity index (χ4n) is 1.44. The second-order valence-corrected chi connectivity index (χ2v) is 3.70. The average Bonchev–Trinajstić information content (AvgIpc) is 2.37. The average molecular weight is 232 g/mol. The number of likely N-dealkylation sites (N-methyl/N-ethyl adjacent to an activating group) is 1. The fraction of sp³-hybridized carbons (Fsp3) is 0.385. The van der Waals surface area contributed by atoms with Gasteiger partial charge in [0.1, 0.15) is 6.04 Å². The molecular formula is C13H16N2O2. The molecular weight excluding hydrogens is 216 g/mol. The van der Waals surface area contributed by atoms with Gasteiger partial charge in [-0.15, -0.1) is 0 Å². The number of hydrogen-bond acceptors (Lipinski definition) is 4. The van der Waals surface area contributed by atoms with Gasteiger partial charge in [-0.1, -0.05) is 6.07 Å². The summed E-state index contributed by atoms with van der Waals surface area (Å²) in [6.45, 7) is 3.92. The second-order valence-electron chi connectivity index (χ2n) is 3.70. The van der Waals surface area contributed by atoms with E-state index in [2.05, 4.69) is 6.07 Å². The van der Waals surface area contributed by atoms with Crippen molar-refractivity contribution in [1.82, 2.24) is 0 Å². The van der Waals surface area contributed by atoms with Crippen LogP contribution < -0.4 is 4.90 Å². The number of esters is 1. The van der Waals surface area contributed by atoms with Crippen LogP contribution in [0, 0.1) is 11.3 Å². The minimum Gasteiger partial charge on any atom is -0.464 e. The van der Waals surface area contributed by atoms with Gasteiger partial charge >= 0.3 is 5.97 Å². The van der Waals surface area contributed by atoms with E-state index in [1.807, 2.05) is 6.07 Å². The molecule has 0 bridgehead atoms. The quantitative estimate of drug-likeness (QED) is 0.744. The third-order valence-electron chi connectivity index (χ3n) is 2.59. The van der Waals surface area contributed by atoms with Crippen molar-refractivity contribution >= 4 is 11.7 Å². The Morgan fingerprint density at radius 3 is 2.88 bits per heavy atom. The number of carbonyl (C=O) groups is 1. The lowest BCUT2D eigenvalue weighted by Gasteiger charge is -2.25. The molecule has 1 atom stereocenters. The topological polar surface area (TPSA) is 53.3 Å². The molecule has 17 heavy (non-hydrogen) atoms. The highest BCUT2D eigenvalue weighted by atomic mass is 16.5. The summed E-state index contributed by atoms with van der Waals surface area (Å²) in [4.78, 5) is 13.4. The molecule has 1 aromatic rings. The van der Waals surface area contributed by atoms with E-state index < -0.39 is 0 Å². The van der Waals surface area contributed by atoms with Crippen LogP contribution in [-0.2, 0) is 9.53 Å². The van der Waals surface area contributed by atoms with Gasteiger partial charge in [-0.2, -0.15) is 5.26 Å². The predicted molar refractivity (Wildman–Crippen MR) is 65.7 cm³/mol. The van der Waals surface area contributed by atoms with E-state index in [1.165, 1.54) is 0 Å². The van der Waals surface area contributed by atoms with Crippen molar-refractivity contribution in [3.05, 3.63) is 29.8 Å². The Morgan fingerprint density at radius 2 is 2.29 bits per heavy atom. The summed E-state index contributed by atoms with van der Waals surface area (Å²) in [7, 11) is 1.80. The molecule has 0 N–H and O–H groups in total. The van der Waals surface area contributed by atoms with Gasteiger partial charge in [-0.25, -0.2) is 4.79 Å². The molecule has 1 unspecified atom stereocenters. The zero-order valence-electron chi connectivity index (χ0n) is 10.3. The number of hydrogen-bond donors (Lipinski definition) is 0. The molecule has 1 rings (SSSR count). The molecule has 90 valence electrons. The van der Waals surface area contributed by atoms with Crippen molar-refractivity contribution in [2.75, 3.05) is 18.6 Å². The van der Waals surface area contributed by atoms with Crippen LogP contribution in [0.5, 0.6) is 0 Å². The van der Waals surface area contributed by atoms with Crippen LogP contribution in [0.25, 0.3) is 0 Å². The number of benzene rings is 1. The first-order chi connectivity index (χ1) is 8.10. The monoisotopic (exact) mass is 232 g/mol. The minimum atomic E-state index is -0.371. The minimum absolute atomic E-state index is 0.266. The van der Waals surface area contributed by atoms with E-state index in [4.69, 9.17) is 10.00 Å². The van der Waals surface area contributed by atoms with Gasteiger partial charge in [0.15, 0.2) is 0 Å². The molecule has 0 aliphatic heterocycles. The first kappa shape index (κ1) is 13.0. The molecule has 4 nitrogen and oxygen atoms in total. The highest BCUT2D eigenvalue weighted by Gasteiger charge is 2.19. The summed E-state index contributed by atoms with van der Waals surface area (Å²) >= 11 is 0. The van der Waals surface area contributed by atoms with Gasteiger partial charge < -0.3 is 9.64 Å². The molecule has 0 saturated carbocycles. The Bertz CT molecular complexity index is 437. The molecule has 0 saturated heterocycles. The van der Waals surface area contributed by atoms with Gasteiger partial charge in [0, 0.05) is 12.7 Å². The Labute approximate surface area is 101 Å². The van der Waals surface area contributed by atoms with Crippen LogP contribution in [0.4, 0.5) is 5.69 Å². The van der Waals surface area contributed by atoms with Crippen LogP contribution in [0.2, 0.25) is 0 Å². The van der Waals surface area contributed by atoms with Crippen LogP contribution in [0.1, 0.15) is 19.4 Å². The maximum atomic E-state index is 11.6. The normalized spacial score (nSPS) is 11.4. The highest BCUT2D eigenvalue weighted by Crippen LogP contribution is 2.17.